The number of carbonyl (C=O) groups excluding carboxylic acids is 2. The molecule has 0 radical (unpaired) electrons. The number of aromatic nitrogens is 1. The summed E-state index contributed by atoms with van der Waals surface area (Å²) in [6.45, 7) is 3.09. The van der Waals surface area contributed by atoms with E-state index in [0.717, 1.165) is 47.5 Å². The van der Waals surface area contributed by atoms with Gasteiger partial charge >= 0.3 is 0 Å². The highest BCUT2D eigenvalue weighted by Crippen LogP contribution is 2.38. The van der Waals surface area contributed by atoms with Gasteiger partial charge in [0.05, 0.1) is 25.2 Å². The van der Waals surface area contributed by atoms with Gasteiger partial charge in [0, 0.05) is 54.6 Å². The van der Waals surface area contributed by atoms with Crippen LogP contribution in [0.5, 0.6) is 0 Å². The summed E-state index contributed by atoms with van der Waals surface area (Å²) in [5.74, 6) is -0.213. The predicted octanol–water partition coefficient (Wildman–Crippen LogP) is 5.68. The first kappa shape index (κ1) is 31.2. The van der Waals surface area contributed by atoms with E-state index in [0.29, 0.717) is 17.7 Å². The number of carbonyl (C=O) groups is 2. The van der Waals surface area contributed by atoms with Crippen LogP contribution in [0.25, 0.3) is 0 Å². The lowest BCUT2D eigenvalue weighted by Gasteiger charge is -2.38. The third-order valence-corrected chi connectivity index (χ3v) is 7.78. The maximum Gasteiger partial charge on any atom is 0.228 e. The molecule has 2 heterocycles. The van der Waals surface area contributed by atoms with E-state index in [1.165, 1.54) is 6.92 Å². The highest BCUT2D eigenvalue weighted by atomic mass is 16.7. The molecule has 1 amide bonds. The molecule has 2 N–H and O–H groups in total. The summed E-state index contributed by atoms with van der Waals surface area (Å²) in [6, 6.07) is 28.5. The minimum atomic E-state index is -0.572. The molecule has 3 aromatic carbocycles. The molecule has 0 aliphatic carbocycles. The number of likely N-dealkylation sites (N-methyl/N-ethyl adjacent to an activating group) is 1. The lowest BCUT2D eigenvalue weighted by atomic mass is 9.99. The Labute approximate surface area is 258 Å². The van der Waals surface area contributed by atoms with E-state index in [9.17, 15) is 14.7 Å². The van der Waals surface area contributed by atoms with Gasteiger partial charge < -0.3 is 24.8 Å². The average Bonchev–Trinajstić information content (AvgIpc) is 3.04. The van der Waals surface area contributed by atoms with Crippen molar-refractivity contribution in [1.82, 2.24) is 9.88 Å². The van der Waals surface area contributed by atoms with Crippen LogP contribution in [0, 0.1) is 0 Å². The van der Waals surface area contributed by atoms with Gasteiger partial charge in [0.25, 0.3) is 0 Å². The Morgan fingerprint density at radius 1 is 0.932 bits per heavy atom. The first-order chi connectivity index (χ1) is 21.4. The number of nitrogens with zero attached hydrogens (tertiary/aromatic N) is 2. The fourth-order valence-corrected chi connectivity index (χ4v) is 5.32. The van der Waals surface area contributed by atoms with Gasteiger partial charge in [0.2, 0.25) is 5.91 Å². The van der Waals surface area contributed by atoms with E-state index in [2.05, 4.69) is 22.2 Å². The summed E-state index contributed by atoms with van der Waals surface area (Å²) in [5, 5.41) is 12.4. The first-order valence-electron chi connectivity index (χ1n) is 14.9. The zero-order valence-corrected chi connectivity index (χ0v) is 25.2. The highest BCUT2D eigenvalue weighted by molar-refractivity contribution is 5.97. The van der Waals surface area contributed by atoms with Gasteiger partial charge in [-0.05, 0) is 54.9 Å². The Hall–Kier alpha value is -4.21. The molecule has 228 valence electrons. The van der Waals surface area contributed by atoms with E-state index in [1.807, 2.05) is 72.9 Å². The SMILES string of the molecule is CC(=O)c1cccc(NC(=O)Cc2ccc(C3O[C@H](CN(C)CCc4ccccn4)C[C@H](c4ccc(CO)cc4)O3)cc2)c1. The van der Waals surface area contributed by atoms with Crippen molar-refractivity contribution in [3.05, 3.63) is 131 Å². The van der Waals surface area contributed by atoms with Crippen molar-refractivity contribution in [2.24, 2.45) is 0 Å². The molecular formula is C36H39N3O5. The van der Waals surface area contributed by atoms with Gasteiger partial charge in [-0.3, -0.25) is 14.6 Å². The number of anilines is 1. The molecule has 3 atom stereocenters. The Morgan fingerprint density at radius 2 is 1.68 bits per heavy atom. The van der Waals surface area contributed by atoms with Crippen molar-refractivity contribution < 1.29 is 24.2 Å². The summed E-state index contributed by atoms with van der Waals surface area (Å²) in [4.78, 5) is 31.1. The van der Waals surface area contributed by atoms with Crippen LogP contribution in [0.1, 0.15) is 64.0 Å². The van der Waals surface area contributed by atoms with Gasteiger partial charge in [-0.25, -0.2) is 0 Å². The molecule has 5 rings (SSSR count). The lowest BCUT2D eigenvalue weighted by Crippen LogP contribution is -2.38. The largest absolute Gasteiger partial charge is 0.392 e. The van der Waals surface area contributed by atoms with E-state index < -0.39 is 6.29 Å². The van der Waals surface area contributed by atoms with Crippen molar-refractivity contribution in [3.8, 4) is 0 Å². The van der Waals surface area contributed by atoms with Crippen LogP contribution in [0.3, 0.4) is 0 Å². The standard InChI is InChI=1S/C36H39N3O5/c1-25(41)30-6-5-8-32(21-30)38-35(42)20-26-9-15-29(16-10-26)36-43-33(23-39(2)19-17-31-7-3-4-18-37-31)22-34(44-36)28-13-11-27(24-40)12-14-28/h3-16,18,21,33-34,36,40H,17,19-20,22-24H2,1-2H3,(H,38,42)/t33-,34+,36?/m0/s1. The van der Waals surface area contributed by atoms with Gasteiger partial charge in [-0.2, -0.15) is 0 Å². The molecule has 0 bridgehead atoms. The number of ketones is 1. The monoisotopic (exact) mass is 593 g/mol. The summed E-state index contributed by atoms with van der Waals surface area (Å²) in [7, 11) is 2.10. The van der Waals surface area contributed by atoms with Crippen molar-refractivity contribution in [3.63, 3.8) is 0 Å². The molecule has 1 fully saturated rings. The topological polar surface area (TPSA) is 101 Å². The molecule has 1 unspecified atom stereocenters. The van der Waals surface area contributed by atoms with Crippen molar-refractivity contribution in [2.45, 2.75) is 51.3 Å². The fraction of sp³-hybridized carbons (Fsp3) is 0.306. The number of rotatable bonds is 12. The maximum atomic E-state index is 12.7. The summed E-state index contributed by atoms with van der Waals surface area (Å²) in [5.41, 5.74) is 5.84. The van der Waals surface area contributed by atoms with Crippen LogP contribution in [0.4, 0.5) is 5.69 Å². The second-order valence-electron chi connectivity index (χ2n) is 11.3. The second-order valence-corrected chi connectivity index (χ2v) is 11.3. The van der Waals surface area contributed by atoms with Crippen LogP contribution in [-0.2, 0) is 33.7 Å². The summed E-state index contributed by atoms with van der Waals surface area (Å²) in [6.07, 6.45) is 2.76. The number of pyridine rings is 1. The normalized spacial score (nSPS) is 18.2. The quantitative estimate of drug-likeness (QED) is 0.204. The Balaban J connectivity index is 1.25. The molecule has 1 aromatic heterocycles. The summed E-state index contributed by atoms with van der Waals surface area (Å²) < 4.78 is 13.0. The number of ether oxygens (including phenoxy) is 2. The van der Waals surface area contributed by atoms with Crippen molar-refractivity contribution >= 4 is 17.4 Å². The average molecular weight is 594 g/mol. The smallest absolute Gasteiger partial charge is 0.228 e. The third-order valence-electron chi connectivity index (χ3n) is 7.78. The van der Waals surface area contributed by atoms with Gasteiger partial charge in [-0.15, -0.1) is 0 Å². The second kappa shape index (κ2) is 15.0. The van der Waals surface area contributed by atoms with Crippen molar-refractivity contribution in [1.29, 1.82) is 0 Å². The highest BCUT2D eigenvalue weighted by Gasteiger charge is 2.32. The summed E-state index contributed by atoms with van der Waals surface area (Å²) >= 11 is 0. The van der Waals surface area contributed by atoms with Crippen LogP contribution >= 0.6 is 0 Å². The van der Waals surface area contributed by atoms with E-state index in [4.69, 9.17) is 9.47 Å². The van der Waals surface area contributed by atoms with E-state index in [1.54, 1.807) is 24.3 Å². The molecule has 0 saturated carbocycles. The van der Waals surface area contributed by atoms with E-state index >= 15 is 0 Å². The molecule has 8 nitrogen and oxygen atoms in total. The number of hydrogen-bond donors (Lipinski definition) is 2. The van der Waals surface area contributed by atoms with Crippen LogP contribution in [0.15, 0.2) is 97.2 Å². The Kier molecular flexibility index (Phi) is 10.6. The Morgan fingerprint density at radius 3 is 2.39 bits per heavy atom. The molecular weight excluding hydrogens is 554 g/mol. The van der Waals surface area contributed by atoms with Crippen LogP contribution < -0.4 is 5.32 Å². The van der Waals surface area contributed by atoms with Gasteiger partial charge in [0.15, 0.2) is 12.1 Å². The first-order valence-corrected chi connectivity index (χ1v) is 14.9. The third kappa shape index (κ3) is 8.67. The van der Waals surface area contributed by atoms with Crippen LogP contribution in [-0.4, -0.2) is 52.9 Å². The molecule has 1 saturated heterocycles. The number of Topliss-reactive ketones (excluding diaryl/α,β-unsaturated/α-hetero) is 1. The minimum absolute atomic E-state index is 0.00357. The predicted molar refractivity (Wildman–Crippen MR) is 169 cm³/mol. The number of amides is 1. The molecule has 8 heteroatoms. The van der Waals surface area contributed by atoms with Crippen LogP contribution in [0.2, 0.25) is 0 Å². The number of nitrogens with one attached hydrogen (secondary N) is 1. The van der Waals surface area contributed by atoms with Gasteiger partial charge in [0.1, 0.15) is 0 Å². The molecule has 4 aromatic rings. The lowest BCUT2D eigenvalue weighted by molar-refractivity contribution is -0.252. The minimum Gasteiger partial charge on any atom is -0.392 e. The number of hydrogen-bond acceptors (Lipinski definition) is 7. The number of aliphatic hydroxyl groups is 1. The van der Waals surface area contributed by atoms with E-state index in [-0.39, 0.29) is 36.9 Å². The van der Waals surface area contributed by atoms with Crippen molar-refractivity contribution in [2.75, 3.05) is 25.5 Å². The molecule has 0 spiro atoms. The molecule has 1 aliphatic rings. The maximum absolute atomic E-state index is 12.7. The number of benzene rings is 3. The zero-order chi connectivity index (χ0) is 30.9. The zero-order valence-electron chi connectivity index (χ0n) is 25.2. The fourth-order valence-electron chi connectivity index (χ4n) is 5.32. The van der Waals surface area contributed by atoms with Gasteiger partial charge in [-0.1, -0.05) is 66.7 Å². The number of aliphatic hydroxyl groups excluding tert-OH is 1. The molecule has 1 aliphatic heterocycles. The molecule has 44 heavy (non-hydrogen) atoms. The Bertz CT molecular complexity index is 1530.